The first-order valence-electron chi connectivity index (χ1n) is 11.5. The van der Waals surface area contributed by atoms with E-state index in [1.165, 1.54) is 0 Å². The number of rotatable bonds is 7. The summed E-state index contributed by atoms with van der Waals surface area (Å²) in [6, 6.07) is 9.75. The molecule has 0 amide bonds. The number of ether oxygens (including phenoxy) is 3. The number of hydrogen-bond donors (Lipinski definition) is 1. The maximum Gasteiger partial charge on any atom is 0.336 e. The number of nitrogens with one attached hydrogen (secondary N) is 1. The molecule has 34 heavy (non-hydrogen) atoms. The van der Waals surface area contributed by atoms with E-state index in [-0.39, 0.29) is 23.6 Å². The second-order valence-electron chi connectivity index (χ2n) is 9.14. The molecule has 2 aliphatic rings. The molecule has 4 rings (SSSR count). The zero-order valence-electron chi connectivity index (χ0n) is 20.3. The average molecular weight is 482 g/mol. The fourth-order valence-corrected chi connectivity index (χ4v) is 5.56. The molecule has 2 heterocycles. The topological polar surface area (TPSA) is 73.9 Å². The van der Waals surface area contributed by atoms with E-state index in [4.69, 9.17) is 14.2 Å². The van der Waals surface area contributed by atoms with Crippen LogP contribution in [0.25, 0.3) is 0 Å². The summed E-state index contributed by atoms with van der Waals surface area (Å²) in [5.74, 6) is 0.818. The smallest absolute Gasteiger partial charge is 0.336 e. The molecular formula is C27H31NO5S. The quantitative estimate of drug-likeness (QED) is 0.539. The highest BCUT2D eigenvalue weighted by molar-refractivity contribution is 7.10. The van der Waals surface area contributed by atoms with Crippen LogP contribution in [0.1, 0.15) is 55.9 Å². The van der Waals surface area contributed by atoms with Crippen LogP contribution in [-0.2, 0) is 14.3 Å². The number of carbonyl (C=O) groups excluding carboxylic acids is 2. The minimum absolute atomic E-state index is 0.00443. The Morgan fingerprint density at radius 2 is 1.91 bits per heavy atom. The van der Waals surface area contributed by atoms with Gasteiger partial charge in [-0.3, -0.25) is 4.79 Å². The minimum Gasteiger partial charge on any atom is -0.493 e. The first kappa shape index (κ1) is 24.1. The highest BCUT2D eigenvalue weighted by Gasteiger charge is 2.42. The van der Waals surface area contributed by atoms with E-state index in [0.29, 0.717) is 42.1 Å². The third kappa shape index (κ3) is 4.62. The van der Waals surface area contributed by atoms with Gasteiger partial charge in [0.1, 0.15) is 0 Å². The fourth-order valence-electron chi connectivity index (χ4n) is 4.71. The summed E-state index contributed by atoms with van der Waals surface area (Å²) in [6.07, 6.45) is 1.04. The predicted molar refractivity (Wildman–Crippen MR) is 132 cm³/mol. The van der Waals surface area contributed by atoms with Gasteiger partial charge >= 0.3 is 5.97 Å². The van der Waals surface area contributed by atoms with Crippen molar-refractivity contribution in [3.63, 3.8) is 0 Å². The highest BCUT2D eigenvalue weighted by atomic mass is 32.1. The summed E-state index contributed by atoms with van der Waals surface area (Å²) in [7, 11) is 3.21. The van der Waals surface area contributed by atoms with Crippen molar-refractivity contribution in [3.8, 4) is 11.5 Å². The molecular weight excluding hydrogens is 450 g/mol. The van der Waals surface area contributed by atoms with Crippen molar-refractivity contribution in [1.29, 1.82) is 0 Å². The number of ketones is 1. The third-order valence-corrected chi connectivity index (χ3v) is 7.24. The molecule has 2 atom stereocenters. The summed E-state index contributed by atoms with van der Waals surface area (Å²) in [5, 5.41) is 5.37. The molecule has 1 aliphatic heterocycles. The second kappa shape index (κ2) is 10.1. The lowest BCUT2D eigenvalue weighted by Gasteiger charge is -2.36. The van der Waals surface area contributed by atoms with Crippen molar-refractivity contribution in [3.05, 3.63) is 68.7 Å². The predicted octanol–water partition coefficient (Wildman–Crippen LogP) is 5.33. The van der Waals surface area contributed by atoms with Gasteiger partial charge in [0.15, 0.2) is 17.3 Å². The Morgan fingerprint density at radius 3 is 2.56 bits per heavy atom. The Balaban J connectivity index is 1.70. The zero-order valence-corrected chi connectivity index (χ0v) is 21.1. The monoisotopic (exact) mass is 481 g/mol. The number of carbonyl (C=O) groups is 2. The lowest BCUT2D eigenvalue weighted by atomic mass is 9.73. The average Bonchev–Trinajstić information content (AvgIpc) is 3.35. The lowest BCUT2D eigenvalue weighted by Crippen LogP contribution is -2.36. The fraction of sp³-hybridized carbons (Fsp3) is 0.407. The molecule has 1 aliphatic carbocycles. The Kier molecular flexibility index (Phi) is 7.12. The van der Waals surface area contributed by atoms with Crippen LogP contribution in [0.4, 0.5) is 0 Å². The first-order valence-corrected chi connectivity index (χ1v) is 12.4. The molecule has 0 fully saturated rings. The molecule has 0 spiro atoms. The van der Waals surface area contributed by atoms with Crippen molar-refractivity contribution >= 4 is 23.1 Å². The summed E-state index contributed by atoms with van der Waals surface area (Å²) >= 11 is 1.55. The molecule has 6 nitrogen and oxygen atoms in total. The van der Waals surface area contributed by atoms with Gasteiger partial charge in [-0.15, -0.1) is 11.3 Å². The highest BCUT2D eigenvalue weighted by Crippen LogP contribution is 2.47. The molecule has 180 valence electrons. The minimum atomic E-state index is -0.408. The van der Waals surface area contributed by atoms with Crippen molar-refractivity contribution in [2.24, 2.45) is 5.92 Å². The van der Waals surface area contributed by atoms with Gasteiger partial charge in [-0.05, 0) is 54.3 Å². The van der Waals surface area contributed by atoms with Gasteiger partial charge in [-0.25, -0.2) is 4.79 Å². The number of dihydropyridines is 1. The largest absolute Gasteiger partial charge is 0.493 e. The Labute approximate surface area is 204 Å². The standard InChI is InChI=1S/C27H31NO5S/c1-15(2)14-33-27(30)24-16(3)28-19-11-18(17-8-9-21(31-4)22(13-17)32-5)12-20(29)25(19)26(24)23-7-6-10-34-23/h6-10,13,15,18,26,28H,11-12,14H2,1-5H3/t18-,26-/m1/s1. The number of esters is 1. The van der Waals surface area contributed by atoms with Gasteiger partial charge in [0.2, 0.25) is 0 Å². The maximum atomic E-state index is 13.6. The van der Waals surface area contributed by atoms with E-state index >= 15 is 0 Å². The lowest BCUT2D eigenvalue weighted by molar-refractivity contribution is -0.140. The van der Waals surface area contributed by atoms with Crippen molar-refractivity contribution < 1.29 is 23.8 Å². The van der Waals surface area contributed by atoms with Gasteiger partial charge < -0.3 is 19.5 Å². The van der Waals surface area contributed by atoms with E-state index in [1.54, 1.807) is 25.6 Å². The molecule has 0 saturated heterocycles. The SMILES string of the molecule is COc1ccc([C@H]2CC(=O)C3=C(C2)NC(C)=C(C(=O)OCC(C)C)[C@H]3c2cccs2)cc1OC. The molecule has 2 aromatic rings. The van der Waals surface area contributed by atoms with E-state index in [9.17, 15) is 9.59 Å². The number of Topliss-reactive ketones (excluding diaryl/α,β-unsaturated/α-hetero) is 1. The third-order valence-electron chi connectivity index (χ3n) is 6.30. The number of methoxy groups -OCH3 is 2. The summed E-state index contributed by atoms with van der Waals surface area (Å²) in [6.45, 7) is 6.24. The Morgan fingerprint density at radius 1 is 1.15 bits per heavy atom. The van der Waals surface area contributed by atoms with Crippen molar-refractivity contribution in [2.45, 2.75) is 45.4 Å². The van der Waals surface area contributed by atoms with E-state index < -0.39 is 5.92 Å². The van der Waals surface area contributed by atoms with Crippen molar-refractivity contribution in [1.82, 2.24) is 5.32 Å². The van der Waals surface area contributed by atoms with E-state index in [2.05, 4.69) is 5.32 Å². The molecule has 0 radical (unpaired) electrons. The molecule has 1 aromatic carbocycles. The Bertz CT molecular complexity index is 1150. The summed E-state index contributed by atoms with van der Waals surface area (Å²) in [4.78, 5) is 27.7. The molecule has 0 saturated carbocycles. The van der Waals surface area contributed by atoms with Gasteiger partial charge in [0, 0.05) is 28.3 Å². The van der Waals surface area contributed by atoms with Gasteiger partial charge in [0.25, 0.3) is 0 Å². The van der Waals surface area contributed by atoms with Gasteiger partial charge in [-0.2, -0.15) is 0 Å². The first-order chi connectivity index (χ1) is 16.3. The number of hydrogen-bond acceptors (Lipinski definition) is 7. The summed E-state index contributed by atoms with van der Waals surface area (Å²) in [5.41, 5.74) is 3.86. The molecule has 1 aromatic heterocycles. The van der Waals surface area contributed by atoms with Crippen LogP contribution < -0.4 is 14.8 Å². The van der Waals surface area contributed by atoms with Crippen LogP contribution in [-0.4, -0.2) is 32.6 Å². The number of allylic oxidation sites excluding steroid dienone is 3. The Hall–Kier alpha value is -3.06. The summed E-state index contributed by atoms with van der Waals surface area (Å²) < 4.78 is 16.4. The molecule has 0 bridgehead atoms. The van der Waals surface area contributed by atoms with Crippen molar-refractivity contribution in [2.75, 3.05) is 20.8 Å². The van der Waals surface area contributed by atoms with Gasteiger partial charge in [-0.1, -0.05) is 26.0 Å². The van der Waals surface area contributed by atoms with E-state index in [1.807, 2.05) is 56.5 Å². The maximum absolute atomic E-state index is 13.6. The van der Waals surface area contributed by atoms with Gasteiger partial charge in [0.05, 0.1) is 32.3 Å². The van der Waals surface area contributed by atoms with Crippen LogP contribution in [0.2, 0.25) is 0 Å². The second-order valence-corrected chi connectivity index (χ2v) is 10.1. The van der Waals surface area contributed by atoms with Crippen LogP contribution in [0.5, 0.6) is 11.5 Å². The molecule has 1 N–H and O–H groups in total. The molecule has 0 unspecified atom stereocenters. The van der Waals surface area contributed by atoms with Crippen LogP contribution in [0.3, 0.4) is 0 Å². The molecule has 7 heteroatoms. The van der Waals surface area contributed by atoms with E-state index in [0.717, 1.165) is 21.8 Å². The van der Waals surface area contributed by atoms with Crippen LogP contribution in [0, 0.1) is 5.92 Å². The number of thiophene rings is 1. The van der Waals surface area contributed by atoms with Crippen LogP contribution in [0.15, 0.2) is 58.3 Å². The normalized spacial score (nSPS) is 20.2. The number of benzene rings is 1. The zero-order chi connectivity index (χ0) is 24.4. The van der Waals surface area contributed by atoms with Crippen LogP contribution >= 0.6 is 11.3 Å².